The first kappa shape index (κ1) is 19.7. The number of nitrogens with zero attached hydrogens (tertiary/aromatic N) is 3. The summed E-state index contributed by atoms with van der Waals surface area (Å²) in [4.78, 5) is 37.1. The van der Waals surface area contributed by atoms with Gasteiger partial charge >= 0.3 is 11.9 Å². The zero-order valence-corrected chi connectivity index (χ0v) is 14.8. The van der Waals surface area contributed by atoms with Crippen LogP contribution in [0.2, 0.25) is 0 Å². The largest absolute Gasteiger partial charge is 0.479 e. The van der Waals surface area contributed by atoms with Gasteiger partial charge in [-0.25, -0.2) is 15.0 Å². The first-order chi connectivity index (χ1) is 12.8. The third-order valence-electron chi connectivity index (χ3n) is 3.80. The fourth-order valence-corrected chi connectivity index (χ4v) is 2.31. The lowest BCUT2D eigenvalue weighted by Gasteiger charge is -2.24. The maximum Gasteiger partial charge on any atom is 0.338 e. The Labute approximate surface area is 155 Å². The summed E-state index contributed by atoms with van der Waals surface area (Å²) in [5.41, 5.74) is 4.25. The summed E-state index contributed by atoms with van der Waals surface area (Å²) in [7, 11) is 3.87. The average Bonchev–Trinajstić information content (AvgIpc) is 2.62. The van der Waals surface area contributed by atoms with Gasteiger partial charge in [0.2, 0.25) is 6.04 Å². The number of amides is 1. The number of carbonyl (C=O) groups excluding carboxylic acids is 1. The molecule has 27 heavy (non-hydrogen) atoms. The number of carbonyl (C=O) groups is 3. The molecule has 2 rings (SSSR count). The summed E-state index contributed by atoms with van der Waals surface area (Å²) in [5.74, 6) is -4.10. The summed E-state index contributed by atoms with van der Waals surface area (Å²) >= 11 is 0. The molecule has 0 saturated carbocycles. The van der Waals surface area contributed by atoms with E-state index in [9.17, 15) is 14.4 Å². The molecule has 0 aromatic heterocycles. The van der Waals surface area contributed by atoms with Crippen molar-refractivity contribution >= 4 is 29.7 Å². The van der Waals surface area contributed by atoms with Gasteiger partial charge < -0.3 is 20.0 Å². The molecule has 1 heterocycles. The number of nitrogens with one attached hydrogen (secondary N) is 1. The number of carboxylic acid groups (broad SMARTS) is 2. The van der Waals surface area contributed by atoms with Crippen LogP contribution in [0.25, 0.3) is 0 Å². The third-order valence-corrected chi connectivity index (χ3v) is 3.80. The average molecular weight is 372 g/mol. The van der Waals surface area contributed by atoms with E-state index in [2.05, 4.69) is 10.5 Å². The van der Waals surface area contributed by atoms with Gasteiger partial charge in [0.15, 0.2) is 0 Å². The van der Waals surface area contributed by atoms with Crippen molar-refractivity contribution in [3.8, 4) is 0 Å². The molecular weight excluding hydrogens is 352 g/mol. The Hall–Kier alpha value is -3.62. The smallest absolute Gasteiger partial charge is 0.338 e. The maximum absolute atomic E-state index is 12.1. The van der Waals surface area contributed by atoms with Crippen LogP contribution >= 0.6 is 0 Å². The molecule has 0 radical (unpaired) electrons. The Morgan fingerprint density at radius 1 is 1.11 bits per heavy atom. The number of benzene rings is 1. The van der Waals surface area contributed by atoms with Gasteiger partial charge in [0, 0.05) is 32.2 Å². The molecule has 1 aliphatic rings. The minimum atomic E-state index is -1.75. The third kappa shape index (κ3) is 5.18. The standard InChI is InChI=1S/C18H20N4O5/c1-21(2)14-5-3-12(4-6-14)11-19-20-16(23)13-7-9-22(10-8-13)15(17(24)25)18(26)27/h3-11,13,15H,1-2H3,(H,20,23)(H,24,25)(H,26,27)/b19-11+. The Bertz CT molecular complexity index is 770. The summed E-state index contributed by atoms with van der Waals surface area (Å²) in [6, 6.07) is 5.82. The predicted molar refractivity (Wildman–Crippen MR) is 99.2 cm³/mol. The van der Waals surface area contributed by atoms with E-state index >= 15 is 0 Å². The van der Waals surface area contributed by atoms with Gasteiger partial charge in [0.25, 0.3) is 5.91 Å². The van der Waals surface area contributed by atoms with Crippen LogP contribution in [0.4, 0.5) is 5.69 Å². The molecule has 0 unspecified atom stereocenters. The lowest BCUT2D eigenvalue weighted by atomic mass is 10.1. The number of rotatable bonds is 7. The Morgan fingerprint density at radius 3 is 2.15 bits per heavy atom. The van der Waals surface area contributed by atoms with Crippen LogP contribution in [0.5, 0.6) is 0 Å². The van der Waals surface area contributed by atoms with E-state index in [0.29, 0.717) is 0 Å². The number of hydrazone groups is 1. The van der Waals surface area contributed by atoms with E-state index < -0.39 is 29.8 Å². The van der Waals surface area contributed by atoms with Crippen LogP contribution in [0.1, 0.15) is 5.56 Å². The van der Waals surface area contributed by atoms with Crippen LogP contribution in [-0.4, -0.2) is 59.3 Å². The Balaban J connectivity index is 1.92. The molecule has 0 spiro atoms. The fraction of sp³-hybridized carbons (Fsp3) is 0.222. The zero-order chi connectivity index (χ0) is 20.0. The molecule has 9 nitrogen and oxygen atoms in total. The lowest BCUT2D eigenvalue weighted by molar-refractivity contribution is -0.153. The molecule has 9 heteroatoms. The van der Waals surface area contributed by atoms with Crippen molar-refractivity contribution in [1.29, 1.82) is 0 Å². The van der Waals surface area contributed by atoms with Crippen molar-refractivity contribution in [1.82, 2.24) is 10.3 Å². The van der Waals surface area contributed by atoms with E-state index in [1.807, 2.05) is 43.3 Å². The number of anilines is 1. The van der Waals surface area contributed by atoms with Gasteiger partial charge in [-0.15, -0.1) is 0 Å². The van der Waals surface area contributed by atoms with E-state index in [0.717, 1.165) is 16.2 Å². The molecular formula is C18H20N4O5. The molecule has 1 aliphatic heterocycles. The highest BCUT2D eigenvalue weighted by Gasteiger charge is 2.31. The second-order valence-electron chi connectivity index (χ2n) is 5.96. The molecule has 142 valence electrons. The van der Waals surface area contributed by atoms with Crippen molar-refractivity contribution < 1.29 is 24.6 Å². The summed E-state index contributed by atoms with van der Waals surface area (Å²) in [6.07, 6.45) is 6.80. The van der Waals surface area contributed by atoms with Crippen molar-refractivity contribution in [2.24, 2.45) is 11.0 Å². The molecule has 0 saturated heterocycles. The minimum Gasteiger partial charge on any atom is -0.479 e. The molecule has 1 aromatic carbocycles. The highest BCUT2D eigenvalue weighted by atomic mass is 16.4. The molecule has 1 amide bonds. The van der Waals surface area contributed by atoms with Crippen LogP contribution < -0.4 is 10.3 Å². The summed E-state index contributed by atoms with van der Waals surface area (Å²) in [6.45, 7) is 0. The normalized spacial score (nSPS) is 14.0. The molecule has 0 aliphatic carbocycles. The topological polar surface area (TPSA) is 123 Å². The van der Waals surface area contributed by atoms with Gasteiger partial charge in [0.1, 0.15) is 0 Å². The minimum absolute atomic E-state index is 0.425. The van der Waals surface area contributed by atoms with Crippen molar-refractivity contribution in [3.05, 3.63) is 54.4 Å². The first-order valence-corrected chi connectivity index (χ1v) is 7.99. The van der Waals surface area contributed by atoms with E-state index in [4.69, 9.17) is 10.2 Å². The van der Waals surface area contributed by atoms with Gasteiger partial charge in [-0.05, 0) is 17.7 Å². The lowest BCUT2D eigenvalue weighted by Crippen LogP contribution is -2.42. The van der Waals surface area contributed by atoms with Crippen LogP contribution in [-0.2, 0) is 14.4 Å². The van der Waals surface area contributed by atoms with Crippen LogP contribution in [0.3, 0.4) is 0 Å². The quantitative estimate of drug-likeness (QED) is 0.366. The zero-order valence-electron chi connectivity index (χ0n) is 14.8. The fourth-order valence-electron chi connectivity index (χ4n) is 2.31. The van der Waals surface area contributed by atoms with E-state index in [1.165, 1.54) is 30.8 Å². The van der Waals surface area contributed by atoms with Crippen LogP contribution in [0, 0.1) is 5.92 Å². The van der Waals surface area contributed by atoms with E-state index in [-0.39, 0.29) is 0 Å². The molecule has 0 fully saturated rings. The van der Waals surface area contributed by atoms with Crippen molar-refractivity contribution in [3.63, 3.8) is 0 Å². The van der Waals surface area contributed by atoms with Crippen molar-refractivity contribution in [2.45, 2.75) is 6.04 Å². The maximum atomic E-state index is 12.1. The number of hydrogen-bond donors (Lipinski definition) is 3. The molecule has 0 atom stereocenters. The highest BCUT2D eigenvalue weighted by molar-refractivity contribution is 5.97. The monoisotopic (exact) mass is 372 g/mol. The highest BCUT2D eigenvalue weighted by Crippen LogP contribution is 2.14. The van der Waals surface area contributed by atoms with Crippen LogP contribution in [0.15, 0.2) is 53.9 Å². The second kappa shape index (κ2) is 8.65. The number of aliphatic carboxylic acids is 2. The summed E-state index contributed by atoms with van der Waals surface area (Å²) < 4.78 is 0. The molecule has 1 aromatic rings. The van der Waals surface area contributed by atoms with E-state index in [1.54, 1.807) is 0 Å². The predicted octanol–water partition coefficient (Wildman–Crippen LogP) is 0.700. The van der Waals surface area contributed by atoms with Gasteiger partial charge in [0.05, 0.1) is 12.1 Å². The second-order valence-corrected chi connectivity index (χ2v) is 5.96. The Kier molecular flexibility index (Phi) is 6.32. The molecule has 3 N–H and O–H groups in total. The first-order valence-electron chi connectivity index (χ1n) is 7.99. The number of hydrogen-bond acceptors (Lipinski definition) is 6. The van der Waals surface area contributed by atoms with Gasteiger partial charge in [-0.1, -0.05) is 24.3 Å². The van der Waals surface area contributed by atoms with Gasteiger partial charge in [-0.2, -0.15) is 5.10 Å². The molecule has 0 bridgehead atoms. The summed E-state index contributed by atoms with van der Waals surface area (Å²) in [5, 5.41) is 21.8. The van der Waals surface area contributed by atoms with Crippen molar-refractivity contribution in [2.75, 3.05) is 19.0 Å². The van der Waals surface area contributed by atoms with Gasteiger partial charge in [-0.3, -0.25) is 4.79 Å². The SMILES string of the molecule is CN(C)c1ccc(/C=N/NC(=O)C2C=CN(C(C(=O)O)C(=O)O)C=C2)cc1. The number of carboxylic acids is 2. The Morgan fingerprint density at radius 2 is 1.67 bits per heavy atom.